The third kappa shape index (κ3) is 2.91. The van der Waals surface area contributed by atoms with E-state index >= 15 is 0 Å². The smallest absolute Gasteiger partial charge is 0.326 e. The van der Waals surface area contributed by atoms with Gasteiger partial charge in [0.1, 0.15) is 6.04 Å². The normalized spacial score (nSPS) is 28.1. The molecule has 22 heavy (non-hydrogen) atoms. The molecule has 3 atom stereocenters. The van der Waals surface area contributed by atoms with Gasteiger partial charge in [0.2, 0.25) is 5.91 Å². The summed E-state index contributed by atoms with van der Waals surface area (Å²) >= 11 is 0. The molecule has 0 saturated carbocycles. The molecule has 0 spiro atoms. The van der Waals surface area contributed by atoms with Gasteiger partial charge in [0, 0.05) is 12.5 Å². The molecule has 1 heterocycles. The molecule has 1 aliphatic heterocycles. The molecule has 4 nitrogen and oxygen atoms in total. The summed E-state index contributed by atoms with van der Waals surface area (Å²) in [6.45, 7) is 0.379. The quantitative estimate of drug-likeness (QED) is 0.870. The first kappa shape index (κ1) is 14.8. The summed E-state index contributed by atoms with van der Waals surface area (Å²) in [5.41, 5.74) is 0.974. The number of likely N-dealkylation sites (tertiary alicyclic amines) is 1. The zero-order chi connectivity index (χ0) is 15.5. The third-order valence-corrected chi connectivity index (χ3v) is 4.74. The summed E-state index contributed by atoms with van der Waals surface area (Å²) in [6, 6.07) is 8.90. The Morgan fingerprint density at radius 3 is 2.68 bits per heavy atom. The Bertz CT molecular complexity index is 581. The lowest BCUT2D eigenvalue weighted by Crippen LogP contribution is -2.38. The number of nitrogens with zero attached hydrogens (tertiary/aromatic N) is 1. The zero-order valence-electron chi connectivity index (χ0n) is 12.5. The fraction of sp³-hybridized carbons (Fsp3) is 0.444. The van der Waals surface area contributed by atoms with E-state index in [4.69, 9.17) is 0 Å². The van der Waals surface area contributed by atoms with Crippen LogP contribution in [0.4, 0.5) is 0 Å². The van der Waals surface area contributed by atoms with Crippen molar-refractivity contribution in [3.63, 3.8) is 0 Å². The van der Waals surface area contributed by atoms with Crippen LogP contribution in [0.3, 0.4) is 0 Å². The second kappa shape index (κ2) is 6.34. The van der Waals surface area contributed by atoms with Gasteiger partial charge in [0.05, 0.1) is 0 Å². The number of benzene rings is 1. The van der Waals surface area contributed by atoms with Crippen molar-refractivity contribution in [2.45, 2.75) is 38.3 Å². The van der Waals surface area contributed by atoms with Crippen LogP contribution in [-0.2, 0) is 16.1 Å². The highest BCUT2D eigenvalue weighted by Crippen LogP contribution is 2.36. The van der Waals surface area contributed by atoms with Crippen LogP contribution in [0.15, 0.2) is 42.5 Å². The van der Waals surface area contributed by atoms with Crippen molar-refractivity contribution >= 4 is 11.9 Å². The molecule has 0 radical (unpaired) electrons. The molecule has 1 aromatic rings. The summed E-state index contributed by atoms with van der Waals surface area (Å²) in [7, 11) is 0. The molecule has 1 aromatic carbocycles. The van der Waals surface area contributed by atoms with Gasteiger partial charge in [0.15, 0.2) is 0 Å². The van der Waals surface area contributed by atoms with E-state index in [1.807, 2.05) is 30.3 Å². The van der Waals surface area contributed by atoms with Crippen LogP contribution in [0.25, 0.3) is 0 Å². The van der Waals surface area contributed by atoms with E-state index in [1.165, 1.54) is 0 Å². The molecule has 2 aliphatic rings. The first-order chi connectivity index (χ1) is 10.7. The van der Waals surface area contributed by atoms with E-state index in [9.17, 15) is 14.7 Å². The van der Waals surface area contributed by atoms with Crippen LogP contribution in [-0.4, -0.2) is 27.9 Å². The largest absolute Gasteiger partial charge is 0.480 e. The minimum atomic E-state index is -0.897. The molecule has 0 bridgehead atoms. The molecule has 0 aromatic heterocycles. The van der Waals surface area contributed by atoms with Crippen LogP contribution in [0, 0.1) is 11.8 Å². The zero-order valence-corrected chi connectivity index (χ0v) is 12.5. The van der Waals surface area contributed by atoms with Crippen LogP contribution in [0.1, 0.15) is 31.2 Å². The summed E-state index contributed by atoms with van der Waals surface area (Å²) < 4.78 is 0. The molecular weight excluding hydrogens is 278 g/mol. The van der Waals surface area contributed by atoms with Crippen molar-refractivity contribution in [3.8, 4) is 0 Å². The molecule has 1 unspecified atom stereocenters. The second-order valence-electron chi connectivity index (χ2n) is 6.17. The van der Waals surface area contributed by atoms with Gasteiger partial charge in [-0.1, -0.05) is 42.5 Å². The third-order valence-electron chi connectivity index (χ3n) is 4.74. The van der Waals surface area contributed by atoms with Gasteiger partial charge in [-0.15, -0.1) is 0 Å². The minimum Gasteiger partial charge on any atom is -0.480 e. The molecule has 1 N–H and O–H groups in total. The Kier molecular flexibility index (Phi) is 4.27. The van der Waals surface area contributed by atoms with Gasteiger partial charge in [-0.25, -0.2) is 4.79 Å². The second-order valence-corrected chi connectivity index (χ2v) is 6.17. The molecule has 3 rings (SSSR count). The maximum Gasteiger partial charge on any atom is 0.326 e. The lowest BCUT2D eigenvalue weighted by atomic mass is 9.83. The standard InChI is InChI=1S/C18H21NO3/c20-17-15(14-9-5-2-6-10-14)11-16(18(21)22)19(17)12-13-7-3-1-4-8-13/h1,3-5,7-9,14-16H,2,6,10-12H2,(H,21,22)/t14?,15-,16-/m0/s1. The number of aliphatic carboxylic acids is 1. The fourth-order valence-corrected chi connectivity index (χ4v) is 3.57. The van der Waals surface area contributed by atoms with E-state index in [0.29, 0.717) is 13.0 Å². The summed E-state index contributed by atoms with van der Waals surface area (Å²) in [5.74, 6) is -0.885. The number of carboxylic acids is 1. The first-order valence-electron chi connectivity index (χ1n) is 7.90. The van der Waals surface area contributed by atoms with Crippen LogP contribution in [0.2, 0.25) is 0 Å². The number of rotatable bonds is 4. The summed E-state index contributed by atoms with van der Waals surface area (Å²) in [5, 5.41) is 9.48. The number of carboxylic acid groups (broad SMARTS) is 1. The predicted octanol–water partition coefficient (Wildman–Crippen LogP) is 2.84. The van der Waals surface area contributed by atoms with Crippen molar-refractivity contribution in [2.75, 3.05) is 0 Å². The highest BCUT2D eigenvalue weighted by Gasteiger charge is 2.45. The molecule has 1 aliphatic carbocycles. The molecule has 116 valence electrons. The van der Waals surface area contributed by atoms with E-state index in [2.05, 4.69) is 12.2 Å². The lowest BCUT2D eigenvalue weighted by Gasteiger charge is -2.23. The minimum absolute atomic E-state index is 0.00666. The van der Waals surface area contributed by atoms with Gasteiger partial charge in [-0.05, 0) is 37.2 Å². The SMILES string of the molecule is O=C(O)[C@@H]1C[C@@H](C2C=CCCC2)C(=O)N1Cc1ccccc1. The van der Waals surface area contributed by atoms with E-state index < -0.39 is 12.0 Å². The molecular formula is C18H21NO3. The molecule has 1 saturated heterocycles. The van der Waals surface area contributed by atoms with Gasteiger partial charge >= 0.3 is 5.97 Å². The average Bonchev–Trinajstić information content (AvgIpc) is 2.87. The summed E-state index contributed by atoms with van der Waals surface area (Å²) in [4.78, 5) is 25.9. The van der Waals surface area contributed by atoms with Crippen molar-refractivity contribution in [1.29, 1.82) is 0 Å². The maximum atomic E-state index is 12.8. The van der Waals surface area contributed by atoms with E-state index in [1.54, 1.807) is 4.90 Å². The monoisotopic (exact) mass is 299 g/mol. The van der Waals surface area contributed by atoms with Gasteiger partial charge in [0.25, 0.3) is 0 Å². The number of allylic oxidation sites excluding steroid dienone is 2. The van der Waals surface area contributed by atoms with E-state index in [0.717, 1.165) is 24.8 Å². The highest BCUT2D eigenvalue weighted by molar-refractivity contribution is 5.89. The molecule has 4 heteroatoms. The van der Waals surface area contributed by atoms with Gasteiger partial charge in [-0.2, -0.15) is 0 Å². The lowest BCUT2D eigenvalue weighted by molar-refractivity contribution is -0.147. The Morgan fingerprint density at radius 2 is 2.05 bits per heavy atom. The Morgan fingerprint density at radius 1 is 1.27 bits per heavy atom. The van der Waals surface area contributed by atoms with Gasteiger partial charge < -0.3 is 10.0 Å². The first-order valence-corrected chi connectivity index (χ1v) is 7.90. The number of carbonyl (C=O) groups is 2. The topological polar surface area (TPSA) is 57.6 Å². The van der Waals surface area contributed by atoms with E-state index in [-0.39, 0.29) is 17.7 Å². The van der Waals surface area contributed by atoms with Gasteiger partial charge in [-0.3, -0.25) is 4.79 Å². The van der Waals surface area contributed by atoms with Crippen molar-refractivity contribution in [3.05, 3.63) is 48.0 Å². The summed E-state index contributed by atoms with van der Waals surface area (Å²) in [6.07, 6.45) is 7.79. The highest BCUT2D eigenvalue weighted by atomic mass is 16.4. The number of hydrogen-bond donors (Lipinski definition) is 1. The van der Waals surface area contributed by atoms with Crippen LogP contribution in [0.5, 0.6) is 0 Å². The predicted molar refractivity (Wildman–Crippen MR) is 83.0 cm³/mol. The molecule has 1 amide bonds. The molecule has 1 fully saturated rings. The Hall–Kier alpha value is -2.10. The van der Waals surface area contributed by atoms with Crippen molar-refractivity contribution in [2.24, 2.45) is 11.8 Å². The van der Waals surface area contributed by atoms with Crippen molar-refractivity contribution in [1.82, 2.24) is 4.90 Å². The average molecular weight is 299 g/mol. The van der Waals surface area contributed by atoms with Crippen LogP contribution < -0.4 is 0 Å². The number of hydrogen-bond acceptors (Lipinski definition) is 2. The van der Waals surface area contributed by atoms with Crippen molar-refractivity contribution < 1.29 is 14.7 Å². The number of amides is 1. The Balaban J connectivity index is 1.80. The van der Waals surface area contributed by atoms with Crippen LogP contribution >= 0.6 is 0 Å². The Labute approximate surface area is 130 Å². The fourth-order valence-electron chi connectivity index (χ4n) is 3.57. The number of carbonyl (C=O) groups excluding carboxylic acids is 1. The maximum absolute atomic E-state index is 12.8.